The monoisotopic (exact) mass is 487 g/mol. The van der Waals surface area contributed by atoms with Crippen molar-refractivity contribution >= 4 is 23.2 Å². The first-order chi connectivity index (χ1) is 16.3. The van der Waals surface area contributed by atoms with Crippen LogP contribution in [0.25, 0.3) is 0 Å². The Hall–Kier alpha value is -2.87. The van der Waals surface area contributed by atoms with Gasteiger partial charge in [-0.15, -0.1) is 0 Å². The van der Waals surface area contributed by atoms with Crippen molar-refractivity contribution in [2.75, 3.05) is 37.4 Å². The first-order valence-corrected chi connectivity index (χ1v) is 11.9. The molecule has 0 radical (unpaired) electrons. The molecule has 4 rings (SSSR count). The Morgan fingerprint density at radius 2 is 1.77 bits per heavy atom. The largest absolute Gasteiger partial charge is 0.416 e. The molecule has 1 heterocycles. The standard InChI is InChI=1S/C27H32F3N3O2/c1-16-7-6-8-17(2)23(16)33-15-26(14-32(4)5,18(3)24(33)34)25(35)31-22-12-20(19-9-10-19)11-21(13-22)27(28,29)30/h6-8,11-13,18-19H,9-10,14-15H2,1-5H3,(H,31,35)/t18-,26-/m1/s1. The van der Waals surface area contributed by atoms with Gasteiger partial charge < -0.3 is 15.1 Å². The highest BCUT2D eigenvalue weighted by Gasteiger charge is 2.55. The molecule has 1 aliphatic carbocycles. The second-order valence-corrected chi connectivity index (χ2v) is 10.4. The minimum atomic E-state index is -4.51. The van der Waals surface area contributed by atoms with Crippen LogP contribution in [-0.4, -0.2) is 43.9 Å². The normalized spacial score (nSPS) is 22.7. The number of hydrogen-bond acceptors (Lipinski definition) is 3. The summed E-state index contributed by atoms with van der Waals surface area (Å²) < 4.78 is 40.7. The summed E-state index contributed by atoms with van der Waals surface area (Å²) in [5.74, 6) is -1.17. The lowest BCUT2D eigenvalue weighted by Crippen LogP contribution is -2.49. The maximum atomic E-state index is 13.8. The summed E-state index contributed by atoms with van der Waals surface area (Å²) in [4.78, 5) is 30.8. The van der Waals surface area contributed by atoms with Crippen molar-refractivity contribution in [1.82, 2.24) is 4.90 Å². The lowest BCUT2D eigenvalue weighted by atomic mass is 9.77. The molecule has 2 atom stereocenters. The molecule has 2 amide bonds. The van der Waals surface area contributed by atoms with Crippen LogP contribution in [0.5, 0.6) is 0 Å². The Labute approximate surface area is 204 Å². The Balaban J connectivity index is 1.72. The maximum Gasteiger partial charge on any atom is 0.416 e. The predicted octanol–water partition coefficient (Wildman–Crippen LogP) is 5.37. The summed E-state index contributed by atoms with van der Waals surface area (Å²) >= 11 is 0. The molecule has 0 unspecified atom stereocenters. The van der Waals surface area contributed by atoms with Crippen LogP contribution in [0.15, 0.2) is 36.4 Å². The summed E-state index contributed by atoms with van der Waals surface area (Å²) in [7, 11) is 3.65. The third kappa shape index (κ3) is 4.81. The molecular weight excluding hydrogens is 455 g/mol. The van der Waals surface area contributed by atoms with Crippen LogP contribution in [-0.2, 0) is 15.8 Å². The van der Waals surface area contributed by atoms with E-state index in [9.17, 15) is 22.8 Å². The topological polar surface area (TPSA) is 52.6 Å². The molecule has 0 spiro atoms. The first-order valence-electron chi connectivity index (χ1n) is 11.9. The maximum absolute atomic E-state index is 13.8. The van der Waals surface area contributed by atoms with Crippen molar-refractivity contribution in [3.63, 3.8) is 0 Å². The third-order valence-corrected chi connectivity index (χ3v) is 7.25. The molecule has 1 saturated heterocycles. The van der Waals surface area contributed by atoms with Crippen LogP contribution in [0.3, 0.4) is 0 Å². The number of nitrogens with zero attached hydrogens (tertiary/aromatic N) is 2. The first kappa shape index (κ1) is 25.2. The molecule has 0 bridgehead atoms. The molecule has 1 aliphatic heterocycles. The minimum Gasteiger partial charge on any atom is -0.325 e. The van der Waals surface area contributed by atoms with Crippen molar-refractivity contribution in [2.45, 2.75) is 45.7 Å². The Morgan fingerprint density at radius 1 is 1.14 bits per heavy atom. The van der Waals surface area contributed by atoms with E-state index in [-0.39, 0.29) is 30.6 Å². The van der Waals surface area contributed by atoms with Gasteiger partial charge in [0.1, 0.15) is 0 Å². The van der Waals surface area contributed by atoms with Gasteiger partial charge in [0.2, 0.25) is 11.8 Å². The van der Waals surface area contributed by atoms with E-state index < -0.39 is 29.0 Å². The van der Waals surface area contributed by atoms with Crippen LogP contribution >= 0.6 is 0 Å². The summed E-state index contributed by atoms with van der Waals surface area (Å²) in [6.45, 7) is 6.02. The zero-order chi connectivity index (χ0) is 25.7. The number of hydrogen-bond donors (Lipinski definition) is 1. The molecule has 2 fully saturated rings. The molecule has 188 valence electrons. The highest BCUT2D eigenvalue weighted by Crippen LogP contribution is 2.45. The number of anilines is 2. The van der Waals surface area contributed by atoms with E-state index in [1.807, 2.05) is 51.0 Å². The SMILES string of the molecule is Cc1cccc(C)c1N1C[C@@](CN(C)C)(C(=O)Nc2cc(C3CC3)cc(C(F)(F)F)c2)[C@H](C)C1=O. The number of alkyl halides is 3. The van der Waals surface area contributed by atoms with Crippen LogP contribution < -0.4 is 10.2 Å². The number of carbonyl (C=O) groups is 2. The number of aryl methyl sites for hydroxylation is 2. The highest BCUT2D eigenvalue weighted by molar-refractivity contribution is 6.08. The zero-order valence-electron chi connectivity index (χ0n) is 20.8. The smallest absolute Gasteiger partial charge is 0.325 e. The fourth-order valence-corrected chi connectivity index (χ4v) is 5.27. The van der Waals surface area contributed by atoms with Gasteiger partial charge in [0.25, 0.3) is 0 Å². The molecule has 1 N–H and O–H groups in total. The predicted molar refractivity (Wildman–Crippen MR) is 130 cm³/mol. The van der Waals surface area contributed by atoms with E-state index in [2.05, 4.69) is 5.32 Å². The van der Waals surface area contributed by atoms with E-state index in [4.69, 9.17) is 0 Å². The Morgan fingerprint density at radius 3 is 2.31 bits per heavy atom. The quantitative estimate of drug-likeness (QED) is 0.596. The minimum absolute atomic E-state index is 0.0928. The lowest BCUT2D eigenvalue weighted by Gasteiger charge is -2.33. The second kappa shape index (κ2) is 8.97. The van der Waals surface area contributed by atoms with Crippen LogP contribution in [0.4, 0.5) is 24.5 Å². The van der Waals surface area contributed by atoms with E-state index in [1.54, 1.807) is 17.9 Å². The van der Waals surface area contributed by atoms with Crippen molar-refractivity contribution in [2.24, 2.45) is 11.3 Å². The van der Waals surface area contributed by atoms with Crippen molar-refractivity contribution < 1.29 is 22.8 Å². The third-order valence-electron chi connectivity index (χ3n) is 7.25. The highest BCUT2D eigenvalue weighted by atomic mass is 19.4. The molecule has 8 heteroatoms. The van der Waals surface area contributed by atoms with Gasteiger partial charge in [-0.25, -0.2) is 0 Å². The van der Waals surface area contributed by atoms with Gasteiger partial charge in [0.05, 0.1) is 16.9 Å². The van der Waals surface area contributed by atoms with Crippen molar-refractivity contribution in [3.8, 4) is 0 Å². The lowest BCUT2D eigenvalue weighted by molar-refractivity contribution is -0.137. The number of benzene rings is 2. The van der Waals surface area contributed by atoms with Gasteiger partial charge in [0, 0.05) is 24.5 Å². The number of halogens is 3. The average Bonchev–Trinajstić information content (AvgIpc) is 3.57. The van der Waals surface area contributed by atoms with Gasteiger partial charge in [-0.05, 0) is 81.6 Å². The Kier molecular flexibility index (Phi) is 6.47. The fourth-order valence-electron chi connectivity index (χ4n) is 5.27. The summed E-state index contributed by atoms with van der Waals surface area (Å²) in [5.41, 5.74) is 1.44. The molecule has 35 heavy (non-hydrogen) atoms. The number of rotatable bonds is 6. The van der Waals surface area contributed by atoms with Crippen molar-refractivity contribution in [3.05, 3.63) is 58.7 Å². The van der Waals surface area contributed by atoms with Gasteiger partial charge >= 0.3 is 6.18 Å². The summed E-state index contributed by atoms with van der Waals surface area (Å²) in [6, 6.07) is 9.57. The van der Waals surface area contributed by atoms with Crippen LogP contribution in [0.1, 0.15) is 47.9 Å². The van der Waals surface area contributed by atoms with Gasteiger partial charge in [-0.1, -0.05) is 25.1 Å². The van der Waals surface area contributed by atoms with E-state index in [1.165, 1.54) is 6.07 Å². The molecule has 2 aromatic carbocycles. The van der Waals surface area contributed by atoms with Crippen LogP contribution in [0, 0.1) is 25.2 Å². The number of amides is 2. The number of nitrogens with one attached hydrogen (secondary N) is 1. The molecule has 0 aromatic heterocycles. The molecule has 1 saturated carbocycles. The van der Waals surface area contributed by atoms with Crippen molar-refractivity contribution in [1.29, 1.82) is 0 Å². The van der Waals surface area contributed by atoms with Gasteiger partial charge in [0.15, 0.2) is 0 Å². The zero-order valence-corrected chi connectivity index (χ0v) is 20.8. The molecule has 2 aliphatic rings. The fraction of sp³-hybridized carbons (Fsp3) is 0.481. The van der Waals surface area contributed by atoms with E-state index in [0.717, 1.165) is 35.7 Å². The van der Waals surface area contributed by atoms with Gasteiger partial charge in [-0.2, -0.15) is 13.2 Å². The second-order valence-electron chi connectivity index (χ2n) is 10.4. The van der Waals surface area contributed by atoms with E-state index in [0.29, 0.717) is 5.56 Å². The Bertz CT molecular complexity index is 1140. The summed E-state index contributed by atoms with van der Waals surface area (Å²) in [6.07, 6.45) is -2.83. The number of carbonyl (C=O) groups excluding carboxylic acids is 2. The van der Waals surface area contributed by atoms with Gasteiger partial charge in [-0.3, -0.25) is 9.59 Å². The molecule has 5 nitrogen and oxygen atoms in total. The van der Waals surface area contributed by atoms with Crippen LogP contribution in [0.2, 0.25) is 0 Å². The summed E-state index contributed by atoms with van der Waals surface area (Å²) in [5, 5.41) is 2.77. The van der Waals surface area contributed by atoms with E-state index >= 15 is 0 Å². The molecule has 2 aromatic rings. The molecular formula is C27H32F3N3O2. The average molecular weight is 488 g/mol. The number of para-hydroxylation sites is 1.